The van der Waals surface area contributed by atoms with Gasteiger partial charge in [0.25, 0.3) is 5.91 Å². The Morgan fingerprint density at radius 1 is 0.960 bits per heavy atom. The summed E-state index contributed by atoms with van der Waals surface area (Å²) in [5.41, 5.74) is 4.73. The highest BCUT2D eigenvalue weighted by Gasteiger charge is 2.38. The third kappa shape index (κ3) is 2.69. The summed E-state index contributed by atoms with van der Waals surface area (Å²) >= 11 is 6.15. The van der Waals surface area contributed by atoms with E-state index < -0.39 is 0 Å². The van der Waals surface area contributed by atoms with Crippen molar-refractivity contribution in [3.8, 4) is 0 Å². The summed E-state index contributed by atoms with van der Waals surface area (Å²) in [6.07, 6.45) is 1.41. The van der Waals surface area contributed by atoms with Crippen LogP contribution in [0.25, 0.3) is 0 Å². The Kier molecular flexibility index (Phi) is 4.32. The van der Waals surface area contributed by atoms with Crippen LogP contribution in [0.4, 0.5) is 21.9 Å². The number of carbonyl (C=O) groups is 2. The highest BCUT2D eigenvalue weighted by Crippen LogP contribution is 2.41. The Bertz CT molecular complexity index is 885. The van der Waals surface area contributed by atoms with Crippen LogP contribution in [0.2, 0.25) is 5.02 Å². The average molecular weight is 377 g/mol. The van der Waals surface area contributed by atoms with Gasteiger partial charge in [-0.2, -0.15) is 0 Å². The fourth-order valence-electron chi connectivity index (χ4n) is 2.86. The Hall–Kier alpha value is -2.70. The maximum atomic E-state index is 12.9. The van der Waals surface area contributed by atoms with Gasteiger partial charge in [-0.1, -0.05) is 29.8 Å². The lowest BCUT2D eigenvalue weighted by molar-refractivity contribution is -0.113. The van der Waals surface area contributed by atoms with E-state index in [1.165, 1.54) is 16.0 Å². The topological polar surface area (TPSA) is 55.9 Å². The molecule has 4 rings (SSSR count). The van der Waals surface area contributed by atoms with E-state index in [2.05, 4.69) is 5.43 Å². The van der Waals surface area contributed by atoms with Gasteiger partial charge in [0.1, 0.15) is 5.82 Å². The predicted octanol–water partition coefficient (Wildman–Crippen LogP) is 3.66. The van der Waals surface area contributed by atoms with Crippen LogP contribution in [0.5, 0.6) is 0 Å². The molecule has 0 atom stereocenters. The van der Waals surface area contributed by atoms with Gasteiger partial charge in [0.05, 0.1) is 11.4 Å². The van der Waals surface area contributed by atoms with Crippen molar-refractivity contribution in [1.82, 2.24) is 10.4 Å². The molecule has 2 heterocycles. The van der Waals surface area contributed by atoms with E-state index in [1.807, 2.05) is 30.3 Å². The van der Waals surface area contributed by atoms with Crippen LogP contribution in [0.1, 0.15) is 0 Å². The first kappa shape index (κ1) is 17.1. The lowest BCUT2D eigenvalue weighted by atomic mass is 10.2. The van der Waals surface area contributed by atoms with Crippen molar-refractivity contribution in [2.75, 3.05) is 16.8 Å². The Labute approximate surface area is 155 Å². The summed E-state index contributed by atoms with van der Waals surface area (Å²) in [4.78, 5) is 28.3. The second-order valence-electron chi connectivity index (χ2n) is 5.46. The largest absolute Gasteiger partial charge is 0.348 e. The number of benzene rings is 2. The molecule has 1 N–H and O–H groups in total. The number of para-hydroxylation sites is 1. The van der Waals surface area contributed by atoms with E-state index in [-0.39, 0.29) is 24.3 Å². The molecule has 0 spiro atoms. The number of nitrogens with zero attached hydrogens (tertiary/aromatic N) is 3. The van der Waals surface area contributed by atoms with E-state index >= 15 is 0 Å². The number of fused-ring (bicyclic) bond motifs is 3. The van der Waals surface area contributed by atoms with Gasteiger partial charge >= 0.3 is 6.03 Å². The summed E-state index contributed by atoms with van der Waals surface area (Å²) in [6, 6.07) is 14.1. The SMILES string of the molecule is CN1NC2=CC(=O)N(c3ccccc3)c3cc(Cl)ccc3N2C1=O.Cl. The van der Waals surface area contributed by atoms with Crippen LogP contribution in [0.3, 0.4) is 0 Å². The minimum Gasteiger partial charge on any atom is -0.279 e. The van der Waals surface area contributed by atoms with Crippen LogP contribution in [0.15, 0.2) is 60.4 Å². The summed E-state index contributed by atoms with van der Waals surface area (Å²) in [7, 11) is 1.60. The minimum absolute atomic E-state index is 0. The molecule has 2 aromatic rings. The molecule has 3 amide bonds. The number of amides is 3. The lowest BCUT2D eigenvalue weighted by Gasteiger charge is -2.24. The quantitative estimate of drug-likeness (QED) is 0.825. The summed E-state index contributed by atoms with van der Waals surface area (Å²) < 4.78 is 0. The van der Waals surface area contributed by atoms with Crippen LogP contribution in [-0.4, -0.2) is 24.0 Å². The number of carbonyl (C=O) groups excluding carboxylic acids is 2. The monoisotopic (exact) mass is 376 g/mol. The van der Waals surface area contributed by atoms with Crippen molar-refractivity contribution in [2.24, 2.45) is 0 Å². The fourth-order valence-corrected chi connectivity index (χ4v) is 3.03. The standard InChI is InChI=1S/C17H13ClN4O2.ClH/c1-20-17(24)22-13-8-7-11(18)9-14(13)21(12-5-3-2-4-6-12)16(23)10-15(22)19-20;/h2-10,19H,1H3;1H. The van der Waals surface area contributed by atoms with Crippen molar-refractivity contribution in [3.05, 3.63) is 65.5 Å². The number of halogens is 2. The molecule has 0 radical (unpaired) electrons. The summed E-state index contributed by atoms with van der Waals surface area (Å²) in [5, 5.41) is 1.81. The zero-order chi connectivity index (χ0) is 16.8. The molecule has 0 bridgehead atoms. The molecule has 6 nitrogen and oxygen atoms in total. The average Bonchev–Trinajstić information content (AvgIpc) is 2.77. The molecule has 1 saturated heterocycles. The molecule has 0 unspecified atom stereocenters. The van der Waals surface area contributed by atoms with Gasteiger partial charge in [-0.15, -0.1) is 12.4 Å². The first-order chi connectivity index (χ1) is 11.6. The third-order valence-corrected chi connectivity index (χ3v) is 4.15. The molecule has 1 fully saturated rings. The Morgan fingerprint density at radius 3 is 2.40 bits per heavy atom. The maximum Gasteiger partial charge on any atom is 0.348 e. The first-order valence-electron chi connectivity index (χ1n) is 7.31. The van der Waals surface area contributed by atoms with E-state index in [0.717, 1.165) is 0 Å². The maximum absolute atomic E-state index is 12.9. The molecular formula is C17H14Cl2N4O2. The van der Waals surface area contributed by atoms with Crippen molar-refractivity contribution >= 4 is 53.0 Å². The molecule has 2 aliphatic rings. The highest BCUT2D eigenvalue weighted by molar-refractivity contribution is 6.31. The smallest absolute Gasteiger partial charge is 0.279 e. The molecule has 0 aliphatic carbocycles. The van der Waals surface area contributed by atoms with E-state index in [9.17, 15) is 9.59 Å². The van der Waals surface area contributed by atoms with Gasteiger partial charge in [0, 0.05) is 23.8 Å². The van der Waals surface area contributed by atoms with Gasteiger partial charge in [0.2, 0.25) is 0 Å². The normalized spacial score (nSPS) is 15.8. The highest BCUT2D eigenvalue weighted by atomic mass is 35.5. The first-order valence-corrected chi connectivity index (χ1v) is 7.69. The minimum atomic E-state index is -0.271. The van der Waals surface area contributed by atoms with Crippen molar-refractivity contribution < 1.29 is 9.59 Å². The van der Waals surface area contributed by atoms with Crippen LogP contribution < -0.4 is 15.2 Å². The van der Waals surface area contributed by atoms with Crippen molar-refractivity contribution in [1.29, 1.82) is 0 Å². The number of hydrogen-bond donors (Lipinski definition) is 1. The Balaban J connectivity index is 0.00000182. The van der Waals surface area contributed by atoms with Crippen LogP contribution in [-0.2, 0) is 4.79 Å². The molecule has 128 valence electrons. The third-order valence-electron chi connectivity index (χ3n) is 3.92. The van der Waals surface area contributed by atoms with E-state index in [0.29, 0.717) is 27.9 Å². The van der Waals surface area contributed by atoms with E-state index in [4.69, 9.17) is 11.6 Å². The molecule has 0 saturated carbocycles. The summed E-state index contributed by atoms with van der Waals surface area (Å²) in [5.74, 6) is 0.146. The fraction of sp³-hybridized carbons (Fsp3) is 0.0588. The van der Waals surface area contributed by atoms with Gasteiger partial charge in [-0.05, 0) is 30.3 Å². The predicted molar refractivity (Wildman–Crippen MR) is 99.1 cm³/mol. The number of nitrogens with one attached hydrogen (secondary N) is 1. The zero-order valence-corrected chi connectivity index (χ0v) is 14.7. The second kappa shape index (κ2) is 6.31. The second-order valence-corrected chi connectivity index (χ2v) is 5.90. The molecule has 25 heavy (non-hydrogen) atoms. The van der Waals surface area contributed by atoms with E-state index in [1.54, 1.807) is 30.1 Å². The lowest BCUT2D eigenvalue weighted by Crippen LogP contribution is -2.32. The summed E-state index contributed by atoms with van der Waals surface area (Å²) in [6.45, 7) is 0. The molecule has 2 aromatic carbocycles. The van der Waals surface area contributed by atoms with Gasteiger partial charge < -0.3 is 0 Å². The van der Waals surface area contributed by atoms with Gasteiger partial charge in [-0.3, -0.25) is 15.1 Å². The molecule has 8 heteroatoms. The zero-order valence-electron chi connectivity index (χ0n) is 13.1. The number of urea groups is 1. The number of rotatable bonds is 1. The Morgan fingerprint density at radius 2 is 1.68 bits per heavy atom. The van der Waals surface area contributed by atoms with Crippen molar-refractivity contribution in [2.45, 2.75) is 0 Å². The van der Waals surface area contributed by atoms with Gasteiger partial charge in [0.15, 0.2) is 0 Å². The van der Waals surface area contributed by atoms with Gasteiger partial charge in [-0.25, -0.2) is 14.7 Å². The number of hydrogen-bond acceptors (Lipinski definition) is 3. The molecule has 0 aromatic heterocycles. The molecule has 2 aliphatic heterocycles. The number of hydrazine groups is 1. The van der Waals surface area contributed by atoms with Crippen molar-refractivity contribution in [3.63, 3.8) is 0 Å². The number of anilines is 3. The van der Waals surface area contributed by atoms with Crippen LogP contribution in [0, 0.1) is 0 Å². The van der Waals surface area contributed by atoms with Crippen LogP contribution >= 0.6 is 24.0 Å². The molecular weight excluding hydrogens is 363 g/mol.